The molecule has 3 aromatic carbocycles. The van der Waals surface area contributed by atoms with Gasteiger partial charge in [-0.3, -0.25) is 4.79 Å². The molecule has 1 saturated heterocycles. The molecule has 3 aromatic rings. The number of hydrogen-bond donors (Lipinski definition) is 1. The number of benzene rings is 3. The molecule has 0 radical (unpaired) electrons. The fourth-order valence-electron chi connectivity index (χ4n) is 6.41. The Morgan fingerprint density at radius 2 is 1.90 bits per heavy atom. The highest BCUT2D eigenvalue weighted by molar-refractivity contribution is 5.97. The minimum atomic E-state index is -0.491. The van der Waals surface area contributed by atoms with Crippen LogP contribution in [0.1, 0.15) is 34.3 Å². The molecule has 3 aliphatic heterocycles. The van der Waals surface area contributed by atoms with Gasteiger partial charge < -0.3 is 33.9 Å². The molecular weight excluding hydrogens is 496 g/mol. The van der Waals surface area contributed by atoms with Gasteiger partial charge in [-0.05, 0) is 66.4 Å². The van der Waals surface area contributed by atoms with Crippen molar-refractivity contribution in [3.63, 3.8) is 0 Å². The van der Waals surface area contributed by atoms with Gasteiger partial charge >= 0.3 is 0 Å². The number of ether oxygens (including phenoxy) is 4. The van der Waals surface area contributed by atoms with Crippen molar-refractivity contribution in [1.29, 1.82) is 0 Å². The second-order valence-electron chi connectivity index (χ2n) is 10.8. The highest BCUT2D eigenvalue weighted by atomic mass is 16.7. The number of carbonyl (C=O) groups excluding carboxylic acids is 1. The van der Waals surface area contributed by atoms with E-state index in [2.05, 4.69) is 11.0 Å². The first-order valence-electron chi connectivity index (χ1n) is 13.8. The third-order valence-electron chi connectivity index (χ3n) is 8.26. The molecule has 8 heteroatoms. The zero-order valence-electron chi connectivity index (χ0n) is 22.7. The lowest BCUT2D eigenvalue weighted by Gasteiger charge is -2.38. The summed E-state index contributed by atoms with van der Waals surface area (Å²) in [5, 5.41) is 13.1. The fourth-order valence-corrected chi connectivity index (χ4v) is 6.41. The summed E-state index contributed by atoms with van der Waals surface area (Å²) in [7, 11) is 3.29. The first-order chi connectivity index (χ1) is 19.0. The first-order valence-corrected chi connectivity index (χ1v) is 13.8. The number of amides is 1. The first kappa shape index (κ1) is 25.8. The molecule has 0 saturated carbocycles. The van der Waals surface area contributed by atoms with Gasteiger partial charge in [0.2, 0.25) is 6.79 Å². The zero-order valence-corrected chi connectivity index (χ0v) is 22.7. The lowest BCUT2D eigenvalue weighted by molar-refractivity contribution is 0.0579. The SMILES string of the molecule is COc1ccc2c(CC(O)CN3CCCC(CN4CCc5cc6c(cc5C4=O)OCO6)C3)cccc2c1OC. The van der Waals surface area contributed by atoms with Crippen molar-refractivity contribution in [2.24, 2.45) is 5.92 Å². The Labute approximate surface area is 229 Å². The van der Waals surface area contributed by atoms with Crippen molar-refractivity contribution in [3.05, 3.63) is 59.2 Å². The van der Waals surface area contributed by atoms with E-state index in [1.165, 1.54) is 0 Å². The third kappa shape index (κ3) is 5.11. The lowest BCUT2D eigenvalue weighted by atomic mass is 9.93. The van der Waals surface area contributed by atoms with Gasteiger partial charge in [0, 0.05) is 43.5 Å². The van der Waals surface area contributed by atoms with Crippen LogP contribution in [0.25, 0.3) is 10.8 Å². The lowest BCUT2D eigenvalue weighted by Crippen LogP contribution is -2.46. The molecule has 2 unspecified atom stereocenters. The van der Waals surface area contributed by atoms with Gasteiger partial charge in [-0.1, -0.05) is 24.3 Å². The molecule has 1 N–H and O–H groups in total. The fraction of sp³-hybridized carbons (Fsp3) is 0.452. The number of hydrogen-bond acceptors (Lipinski definition) is 7. The van der Waals surface area contributed by atoms with Crippen LogP contribution in [-0.2, 0) is 12.8 Å². The Morgan fingerprint density at radius 1 is 1.05 bits per heavy atom. The second kappa shape index (κ2) is 10.9. The van der Waals surface area contributed by atoms with Crippen LogP contribution in [0.4, 0.5) is 0 Å². The molecular formula is C31H36N2O6. The molecule has 0 aliphatic carbocycles. The molecule has 206 valence electrons. The number of β-amino-alcohol motifs (C(OH)–C–C–N with tert-alkyl or cyclic N) is 1. The third-order valence-corrected chi connectivity index (χ3v) is 8.26. The van der Waals surface area contributed by atoms with E-state index >= 15 is 0 Å². The van der Waals surface area contributed by atoms with Gasteiger partial charge in [0.25, 0.3) is 5.91 Å². The molecule has 8 nitrogen and oxygen atoms in total. The van der Waals surface area contributed by atoms with Crippen LogP contribution >= 0.6 is 0 Å². The van der Waals surface area contributed by atoms with Crippen LogP contribution in [0.3, 0.4) is 0 Å². The smallest absolute Gasteiger partial charge is 0.254 e. The van der Waals surface area contributed by atoms with Crippen molar-refractivity contribution in [2.75, 3.05) is 53.7 Å². The van der Waals surface area contributed by atoms with E-state index in [-0.39, 0.29) is 12.7 Å². The monoisotopic (exact) mass is 532 g/mol. The second-order valence-corrected chi connectivity index (χ2v) is 10.8. The molecule has 6 rings (SSSR count). The number of aliphatic hydroxyl groups excluding tert-OH is 1. The van der Waals surface area contributed by atoms with Crippen molar-refractivity contribution < 1.29 is 28.8 Å². The topological polar surface area (TPSA) is 80.7 Å². The highest BCUT2D eigenvalue weighted by Crippen LogP contribution is 2.38. The molecule has 39 heavy (non-hydrogen) atoms. The van der Waals surface area contributed by atoms with Gasteiger partial charge in [-0.15, -0.1) is 0 Å². The summed E-state index contributed by atoms with van der Waals surface area (Å²) in [4.78, 5) is 17.7. The maximum atomic E-state index is 13.3. The van der Waals surface area contributed by atoms with Crippen LogP contribution in [0, 0.1) is 5.92 Å². The summed E-state index contributed by atoms with van der Waals surface area (Å²) in [6.45, 7) is 4.14. The Kier molecular flexibility index (Phi) is 7.23. The van der Waals surface area contributed by atoms with Crippen molar-refractivity contribution in [3.8, 4) is 23.0 Å². The largest absolute Gasteiger partial charge is 0.493 e. The number of nitrogens with zero attached hydrogens (tertiary/aromatic N) is 2. The number of likely N-dealkylation sites (tertiary alicyclic amines) is 1. The van der Waals surface area contributed by atoms with Gasteiger partial charge in [0.15, 0.2) is 23.0 Å². The summed E-state index contributed by atoms with van der Waals surface area (Å²) in [6, 6.07) is 13.9. The van der Waals surface area contributed by atoms with Gasteiger partial charge in [-0.25, -0.2) is 0 Å². The summed E-state index contributed by atoms with van der Waals surface area (Å²) < 4.78 is 22.1. The van der Waals surface area contributed by atoms with E-state index in [0.717, 1.165) is 78.7 Å². The summed E-state index contributed by atoms with van der Waals surface area (Å²) in [5.74, 6) is 3.27. The predicted molar refractivity (Wildman–Crippen MR) is 148 cm³/mol. The van der Waals surface area contributed by atoms with Crippen LogP contribution in [0.5, 0.6) is 23.0 Å². The maximum absolute atomic E-state index is 13.3. The van der Waals surface area contributed by atoms with Crippen molar-refractivity contribution in [1.82, 2.24) is 9.80 Å². The minimum Gasteiger partial charge on any atom is -0.493 e. The van der Waals surface area contributed by atoms with Crippen molar-refractivity contribution in [2.45, 2.75) is 31.8 Å². The normalized spacial score (nSPS) is 19.7. The summed E-state index contributed by atoms with van der Waals surface area (Å²) in [6.07, 6.45) is 3.06. The van der Waals surface area contributed by atoms with E-state index in [1.54, 1.807) is 14.2 Å². The molecule has 1 fully saturated rings. The Morgan fingerprint density at radius 3 is 2.72 bits per heavy atom. The van der Waals surface area contributed by atoms with E-state index < -0.39 is 6.10 Å². The van der Waals surface area contributed by atoms with Crippen molar-refractivity contribution >= 4 is 16.7 Å². The predicted octanol–water partition coefficient (Wildman–Crippen LogP) is 3.90. The van der Waals surface area contributed by atoms with Gasteiger partial charge in [0.05, 0.1) is 20.3 Å². The van der Waals surface area contributed by atoms with Crippen LogP contribution in [0.15, 0.2) is 42.5 Å². The van der Waals surface area contributed by atoms with Crippen LogP contribution < -0.4 is 18.9 Å². The minimum absolute atomic E-state index is 0.0784. The number of rotatable bonds is 8. The van der Waals surface area contributed by atoms with Gasteiger partial charge in [0.1, 0.15) is 0 Å². The average Bonchev–Trinajstić information content (AvgIpc) is 3.41. The van der Waals surface area contributed by atoms with Crippen LogP contribution in [0.2, 0.25) is 0 Å². The number of piperidine rings is 1. The highest BCUT2D eigenvalue weighted by Gasteiger charge is 2.31. The molecule has 2 atom stereocenters. The summed E-state index contributed by atoms with van der Waals surface area (Å²) in [5.41, 5.74) is 2.87. The zero-order chi connectivity index (χ0) is 26.9. The van der Waals surface area contributed by atoms with Crippen LogP contribution in [-0.4, -0.2) is 80.7 Å². The van der Waals surface area contributed by atoms with E-state index in [0.29, 0.717) is 36.1 Å². The molecule has 0 aromatic heterocycles. The Balaban J connectivity index is 1.08. The number of carbonyl (C=O) groups is 1. The van der Waals surface area contributed by atoms with E-state index in [9.17, 15) is 9.90 Å². The number of methoxy groups -OCH3 is 2. The maximum Gasteiger partial charge on any atom is 0.254 e. The standard InChI is InChI=1S/C31H36N2O6/c1-36-27-9-8-24-21(6-3-7-25(24)30(27)37-2)13-23(34)18-32-11-4-5-20(16-32)17-33-12-10-22-14-28-29(39-19-38-28)15-26(22)31(33)35/h3,6-9,14-15,20,23,34H,4-5,10-13,16-19H2,1-2H3. The quantitative estimate of drug-likeness (QED) is 0.471. The Bertz CT molecular complexity index is 1370. The molecule has 0 bridgehead atoms. The summed E-state index contributed by atoms with van der Waals surface area (Å²) >= 11 is 0. The molecule has 3 heterocycles. The Hall–Kier alpha value is -3.49. The molecule has 3 aliphatic rings. The average molecular weight is 533 g/mol. The van der Waals surface area contributed by atoms with E-state index in [1.807, 2.05) is 41.3 Å². The number of aliphatic hydroxyl groups is 1. The molecule has 1 amide bonds. The van der Waals surface area contributed by atoms with Gasteiger partial charge in [-0.2, -0.15) is 0 Å². The van der Waals surface area contributed by atoms with E-state index in [4.69, 9.17) is 18.9 Å². The number of fused-ring (bicyclic) bond motifs is 3. The molecule has 0 spiro atoms.